The van der Waals surface area contributed by atoms with Gasteiger partial charge in [0.25, 0.3) is 5.91 Å². The fourth-order valence-electron chi connectivity index (χ4n) is 1.45. The molecule has 0 unspecified atom stereocenters. The number of hydrogen-bond donors (Lipinski definition) is 2. The smallest absolute Gasteiger partial charge is 0.305 e. The summed E-state index contributed by atoms with van der Waals surface area (Å²) in [5.41, 5.74) is -0.0215. The first-order chi connectivity index (χ1) is 9.08. The molecule has 7 nitrogen and oxygen atoms in total. The van der Waals surface area contributed by atoms with E-state index in [0.717, 1.165) is 12.1 Å². The van der Waals surface area contributed by atoms with E-state index in [1.54, 1.807) is 0 Å². The number of carbonyl (C=O) groups excluding carboxylic acids is 1. The zero-order valence-corrected chi connectivity index (χ0v) is 9.59. The van der Waals surface area contributed by atoms with E-state index in [-0.39, 0.29) is 12.1 Å². The number of carbonyl (C=O) groups is 1. The van der Waals surface area contributed by atoms with Crippen molar-refractivity contribution >= 4 is 11.6 Å². The minimum Gasteiger partial charge on any atom is -0.347 e. The average molecular weight is 264 g/mol. The third-order valence-electron chi connectivity index (χ3n) is 2.40. The second-order valence-electron chi connectivity index (χ2n) is 3.68. The van der Waals surface area contributed by atoms with Crippen molar-refractivity contribution in [1.29, 1.82) is 0 Å². The molecule has 0 fully saturated rings. The second-order valence-corrected chi connectivity index (χ2v) is 3.68. The molecule has 2 aromatic rings. The number of halogens is 1. The lowest BCUT2D eigenvalue weighted by Crippen LogP contribution is -2.23. The number of hydrogen-bond acceptors (Lipinski definition) is 4. The fourth-order valence-corrected chi connectivity index (χ4v) is 1.45. The number of aromatic nitrogens is 2. The molecule has 1 aromatic heterocycles. The predicted octanol–water partition coefficient (Wildman–Crippen LogP) is 1.39. The number of rotatable bonds is 4. The van der Waals surface area contributed by atoms with Crippen LogP contribution >= 0.6 is 0 Å². The Balaban J connectivity index is 2.11. The Kier molecular flexibility index (Phi) is 3.51. The zero-order valence-electron chi connectivity index (χ0n) is 9.59. The fraction of sp³-hybridized carbons (Fsp3) is 0.0909. The highest BCUT2D eigenvalue weighted by molar-refractivity contribution is 5.94. The van der Waals surface area contributed by atoms with Crippen LogP contribution in [0, 0.1) is 15.9 Å². The summed E-state index contributed by atoms with van der Waals surface area (Å²) in [7, 11) is 0. The largest absolute Gasteiger partial charge is 0.347 e. The van der Waals surface area contributed by atoms with Crippen LogP contribution in [0.1, 0.15) is 16.1 Å². The molecule has 98 valence electrons. The predicted molar refractivity (Wildman–Crippen MR) is 62.8 cm³/mol. The van der Waals surface area contributed by atoms with E-state index < -0.39 is 22.3 Å². The van der Waals surface area contributed by atoms with Gasteiger partial charge in [-0.3, -0.25) is 14.9 Å². The molecule has 0 saturated carbocycles. The van der Waals surface area contributed by atoms with E-state index >= 15 is 0 Å². The van der Waals surface area contributed by atoms with Crippen molar-refractivity contribution in [3.05, 3.63) is 57.9 Å². The van der Waals surface area contributed by atoms with Crippen LogP contribution in [0.15, 0.2) is 30.7 Å². The van der Waals surface area contributed by atoms with Crippen LogP contribution in [0.4, 0.5) is 10.1 Å². The first-order valence-electron chi connectivity index (χ1n) is 5.27. The van der Waals surface area contributed by atoms with Gasteiger partial charge in [-0.2, -0.15) is 4.39 Å². The monoisotopic (exact) mass is 264 g/mol. The number of nitro benzene ring substituents is 1. The number of amides is 1. The summed E-state index contributed by atoms with van der Waals surface area (Å²) < 4.78 is 13.1. The second kappa shape index (κ2) is 5.25. The Hall–Kier alpha value is -2.77. The van der Waals surface area contributed by atoms with Gasteiger partial charge >= 0.3 is 5.69 Å². The Labute approximate surface area is 106 Å². The van der Waals surface area contributed by atoms with Crippen molar-refractivity contribution in [3.8, 4) is 0 Å². The standard InChI is InChI=1S/C11H9FN4O3/c12-9-2-1-7(3-10(9)16(18)19)11(17)14-5-8-4-13-6-15-8/h1-4,6H,5H2,(H,13,15)(H,14,17). The van der Waals surface area contributed by atoms with Crippen LogP contribution in [-0.4, -0.2) is 20.8 Å². The zero-order chi connectivity index (χ0) is 13.8. The van der Waals surface area contributed by atoms with Gasteiger partial charge in [0.1, 0.15) is 0 Å². The third-order valence-corrected chi connectivity index (χ3v) is 2.40. The van der Waals surface area contributed by atoms with Crippen molar-refractivity contribution in [1.82, 2.24) is 15.3 Å². The maximum absolute atomic E-state index is 13.1. The molecule has 0 saturated heterocycles. The summed E-state index contributed by atoms with van der Waals surface area (Å²) in [6.07, 6.45) is 3.00. The van der Waals surface area contributed by atoms with Crippen LogP contribution < -0.4 is 5.32 Å². The van der Waals surface area contributed by atoms with Gasteiger partial charge in [-0.1, -0.05) is 0 Å². The Morgan fingerprint density at radius 1 is 1.53 bits per heavy atom. The van der Waals surface area contributed by atoms with Crippen LogP contribution in [0.25, 0.3) is 0 Å². The normalized spacial score (nSPS) is 10.2. The summed E-state index contributed by atoms with van der Waals surface area (Å²) in [6.45, 7) is 0.198. The summed E-state index contributed by atoms with van der Waals surface area (Å²) in [5.74, 6) is -1.51. The van der Waals surface area contributed by atoms with Crippen molar-refractivity contribution in [2.75, 3.05) is 0 Å². The van der Waals surface area contributed by atoms with E-state index in [1.807, 2.05) is 0 Å². The molecule has 1 aromatic carbocycles. The Morgan fingerprint density at radius 3 is 2.95 bits per heavy atom. The van der Waals surface area contributed by atoms with E-state index in [9.17, 15) is 19.3 Å². The maximum Gasteiger partial charge on any atom is 0.305 e. The molecule has 0 bridgehead atoms. The summed E-state index contributed by atoms with van der Waals surface area (Å²) in [5, 5.41) is 13.1. The van der Waals surface area contributed by atoms with E-state index in [0.29, 0.717) is 5.69 Å². The molecular weight excluding hydrogens is 255 g/mol. The number of nitrogens with one attached hydrogen (secondary N) is 2. The molecule has 0 aliphatic heterocycles. The van der Waals surface area contributed by atoms with E-state index in [4.69, 9.17) is 0 Å². The molecule has 0 spiro atoms. The molecule has 8 heteroatoms. The quantitative estimate of drug-likeness (QED) is 0.643. The van der Waals surface area contributed by atoms with Gasteiger partial charge < -0.3 is 10.3 Å². The number of nitrogens with zero attached hydrogens (tertiary/aromatic N) is 2. The Morgan fingerprint density at radius 2 is 2.32 bits per heavy atom. The first-order valence-corrected chi connectivity index (χ1v) is 5.27. The van der Waals surface area contributed by atoms with E-state index in [2.05, 4.69) is 15.3 Å². The van der Waals surface area contributed by atoms with Crippen molar-refractivity contribution in [2.45, 2.75) is 6.54 Å². The number of benzene rings is 1. The lowest BCUT2D eigenvalue weighted by atomic mass is 10.2. The number of imidazole rings is 1. The van der Waals surface area contributed by atoms with Gasteiger partial charge in [-0.05, 0) is 12.1 Å². The van der Waals surface area contributed by atoms with Gasteiger partial charge in [0, 0.05) is 17.8 Å². The lowest BCUT2D eigenvalue weighted by Gasteiger charge is -2.03. The molecule has 0 aliphatic carbocycles. The number of H-pyrrole nitrogens is 1. The number of aromatic amines is 1. The van der Waals surface area contributed by atoms with Crippen LogP contribution in [-0.2, 0) is 6.54 Å². The van der Waals surface area contributed by atoms with Gasteiger partial charge in [-0.15, -0.1) is 0 Å². The highest BCUT2D eigenvalue weighted by Gasteiger charge is 2.17. The molecule has 0 radical (unpaired) electrons. The van der Waals surface area contributed by atoms with Crippen molar-refractivity contribution in [2.24, 2.45) is 0 Å². The summed E-state index contributed by atoms with van der Waals surface area (Å²) >= 11 is 0. The molecule has 0 atom stereocenters. The van der Waals surface area contributed by atoms with Crippen molar-refractivity contribution < 1.29 is 14.1 Å². The maximum atomic E-state index is 13.1. The molecule has 1 heterocycles. The topological polar surface area (TPSA) is 101 Å². The number of nitro groups is 1. The van der Waals surface area contributed by atoms with Crippen LogP contribution in [0.3, 0.4) is 0 Å². The molecule has 2 rings (SSSR count). The minimum atomic E-state index is -0.977. The minimum absolute atomic E-state index is 0.0209. The molecule has 2 N–H and O–H groups in total. The Bertz CT molecular complexity index is 612. The highest BCUT2D eigenvalue weighted by atomic mass is 19.1. The average Bonchev–Trinajstić information content (AvgIpc) is 2.89. The highest BCUT2D eigenvalue weighted by Crippen LogP contribution is 2.18. The lowest BCUT2D eigenvalue weighted by molar-refractivity contribution is -0.387. The van der Waals surface area contributed by atoms with Crippen LogP contribution in [0.2, 0.25) is 0 Å². The third kappa shape index (κ3) is 2.92. The SMILES string of the molecule is O=C(NCc1cnc[nH]1)c1ccc(F)c([N+](=O)[O-])c1. The van der Waals surface area contributed by atoms with Gasteiger partial charge in [0.2, 0.25) is 5.82 Å². The van der Waals surface area contributed by atoms with Gasteiger partial charge in [0.05, 0.1) is 23.5 Å². The first kappa shape index (κ1) is 12.7. The molecule has 19 heavy (non-hydrogen) atoms. The van der Waals surface area contributed by atoms with Crippen LogP contribution in [0.5, 0.6) is 0 Å². The summed E-state index contributed by atoms with van der Waals surface area (Å²) in [4.78, 5) is 28.0. The summed E-state index contributed by atoms with van der Waals surface area (Å²) in [6, 6.07) is 2.98. The molecule has 0 aliphatic rings. The van der Waals surface area contributed by atoms with E-state index in [1.165, 1.54) is 18.6 Å². The molecular formula is C11H9FN4O3. The van der Waals surface area contributed by atoms with Gasteiger partial charge in [0.15, 0.2) is 0 Å². The van der Waals surface area contributed by atoms with Gasteiger partial charge in [-0.25, -0.2) is 4.98 Å². The molecule has 1 amide bonds. The van der Waals surface area contributed by atoms with Crippen molar-refractivity contribution in [3.63, 3.8) is 0 Å².